The zero-order valence-electron chi connectivity index (χ0n) is 13.8. The minimum atomic E-state index is -1.56. The summed E-state index contributed by atoms with van der Waals surface area (Å²) in [5, 5.41) is 3.10. The van der Waals surface area contributed by atoms with Crippen molar-refractivity contribution in [2.75, 3.05) is 0 Å². The second-order valence-electron chi connectivity index (χ2n) is 6.59. The molecule has 5 heteroatoms. The van der Waals surface area contributed by atoms with Gasteiger partial charge in [-0.2, -0.15) is 16.8 Å². The van der Waals surface area contributed by atoms with E-state index in [2.05, 4.69) is 82.4 Å². The van der Waals surface area contributed by atoms with Crippen LogP contribution in [0.25, 0.3) is 0 Å². The van der Waals surface area contributed by atoms with E-state index in [0.717, 1.165) is 0 Å². The summed E-state index contributed by atoms with van der Waals surface area (Å²) in [6.07, 6.45) is 0. The van der Waals surface area contributed by atoms with Crippen LogP contribution in [0.5, 0.6) is 0 Å². The zero-order valence-corrected chi connectivity index (χ0v) is 18.6. The second-order valence-corrected chi connectivity index (χ2v) is 11.0. The van der Waals surface area contributed by atoms with E-state index in [-0.39, 0.29) is 64.4 Å². The molecule has 2 rings (SSSR count). The molecule has 0 heterocycles. The third-order valence-corrected chi connectivity index (χ3v) is 7.35. The molecule has 0 radical (unpaired) electrons. The Labute approximate surface area is 170 Å². The van der Waals surface area contributed by atoms with E-state index in [1.807, 2.05) is 0 Å². The fourth-order valence-electron chi connectivity index (χ4n) is 2.63. The fraction of sp³-hybridized carbons (Fsp3) is 0.353. The molecule has 0 aromatic heterocycles. The van der Waals surface area contributed by atoms with Crippen molar-refractivity contribution in [1.82, 2.24) is 0 Å². The quantitative estimate of drug-likeness (QED) is 0.343. The predicted molar refractivity (Wildman–Crippen MR) is 83.9 cm³/mol. The summed E-state index contributed by atoms with van der Waals surface area (Å²) in [5.41, 5.74) is 1.75. The Bertz CT molecular complexity index is 530. The molecule has 0 N–H and O–H groups in total. The summed E-state index contributed by atoms with van der Waals surface area (Å²) in [4.78, 5) is 0. The van der Waals surface area contributed by atoms with Gasteiger partial charge >= 0.3 is 21.7 Å². The van der Waals surface area contributed by atoms with E-state index in [0.29, 0.717) is 0 Å². The van der Waals surface area contributed by atoms with Crippen molar-refractivity contribution in [1.29, 1.82) is 0 Å². The molecule has 0 saturated carbocycles. The first-order chi connectivity index (χ1) is 8.33. The molecule has 22 heavy (non-hydrogen) atoms. The average molecular weight is 410 g/mol. The Morgan fingerprint density at radius 1 is 0.818 bits per heavy atom. The van der Waals surface area contributed by atoms with Crippen LogP contribution in [0.4, 0.5) is 0 Å². The van der Waals surface area contributed by atoms with Gasteiger partial charge in [-0.1, -0.05) is 69.4 Å². The Morgan fingerprint density at radius 2 is 1.32 bits per heavy atom. The standard InChI is InChI=1S/C17H23Si.3ClH.Ti/c1-17(2,3)15-12-9-13-16(15)18(4,5)14-10-7-6-8-11-14;;;;/h6-13H,1-5H3;3*1H;/q-1;;;;+4/p-3. The number of benzene rings is 1. The Kier molecular flexibility index (Phi) is 12.7. The van der Waals surface area contributed by atoms with E-state index in [1.54, 1.807) is 5.19 Å². The summed E-state index contributed by atoms with van der Waals surface area (Å²) in [6, 6.07) is 17.8. The predicted octanol–water partition coefficient (Wildman–Crippen LogP) is -5.46. The smallest absolute Gasteiger partial charge is 1.00 e. The molecule has 0 saturated heterocycles. The topological polar surface area (TPSA) is 0 Å². The minimum absolute atomic E-state index is 0. The van der Waals surface area contributed by atoms with Gasteiger partial charge in [-0.25, -0.2) is 12.1 Å². The normalized spacial score (nSPS) is 10.4. The minimum Gasteiger partial charge on any atom is -1.00 e. The zero-order chi connectivity index (χ0) is 13.4. The second kappa shape index (κ2) is 10.3. The Hall–Kier alpha value is 0.371. The number of hydrogen-bond donors (Lipinski definition) is 0. The molecule has 0 unspecified atom stereocenters. The molecule has 0 aliphatic heterocycles. The molecule has 0 aliphatic carbocycles. The van der Waals surface area contributed by atoms with Gasteiger partial charge in [0, 0.05) is 0 Å². The van der Waals surface area contributed by atoms with Crippen molar-refractivity contribution in [2.24, 2.45) is 0 Å². The van der Waals surface area contributed by atoms with E-state index in [1.165, 1.54) is 10.8 Å². The van der Waals surface area contributed by atoms with E-state index in [4.69, 9.17) is 0 Å². The first kappa shape index (κ1) is 27.2. The first-order valence-electron chi connectivity index (χ1n) is 6.65. The van der Waals surface area contributed by atoms with Gasteiger partial charge in [-0.3, -0.25) is 0 Å². The van der Waals surface area contributed by atoms with Crippen LogP contribution in [-0.4, -0.2) is 8.07 Å². The number of rotatable bonds is 2. The van der Waals surface area contributed by atoms with Crippen molar-refractivity contribution in [3.8, 4) is 0 Å². The van der Waals surface area contributed by atoms with E-state index >= 15 is 0 Å². The molecule has 0 aliphatic rings. The summed E-state index contributed by atoms with van der Waals surface area (Å²) < 4.78 is 0. The van der Waals surface area contributed by atoms with Crippen molar-refractivity contribution in [3.05, 3.63) is 54.1 Å². The molecule has 2 aromatic rings. The van der Waals surface area contributed by atoms with Gasteiger partial charge in [-0.15, -0.1) is 0 Å². The van der Waals surface area contributed by atoms with Crippen LogP contribution in [0.15, 0.2) is 48.5 Å². The van der Waals surface area contributed by atoms with Gasteiger partial charge in [0.2, 0.25) is 0 Å². The van der Waals surface area contributed by atoms with Crippen LogP contribution < -0.4 is 47.6 Å². The van der Waals surface area contributed by atoms with Gasteiger partial charge in [0.25, 0.3) is 0 Å². The number of hydrogen-bond acceptors (Lipinski definition) is 0. The van der Waals surface area contributed by atoms with Crippen LogP contribution >= 0.6 is 0 Å². The monoisotopic (exact) mass is 408 g/mol. The van der Waals surface area contributed by atoms with Crippen LogP contribution in [0, 0.1) is 0 Å². The Balaban J connectivity index is -0.000000902. The van der Waals surface area contributed by atoms with Crippen molar-refractivity contribution in [2.45, 2.75) is 39.3 Å². The molecule has 0 bridgehead atoms. The van der Waals surface area contributed by atoms with Gasteiger partial charge in [-0.05, 0) is 5.41 Å². The van der Waals surface area contributed by atoms with Gasteiger partial charge < -0.3 is 37.2 Å². The molecule has 2 aromatic carbocycles. The molecule has 0 fully saturated rings. The van der Waals surface area contributed by atoms with Gasteiger partial charge in [0.1, 0.15) is 0 Å². The third-order valence-electron chi connectivity index (χ3n) is 3.79. The summed E-state index contributed by atoms with van der Waals surface area (Å²) >= 11 is 0. The van der Waals surface area contributed by atoms with Gasteiger partial charge in [0.15, 0.2) is 0 Å². The fourth-order valence-corrected chi connectivity index (χ4v) is 5.61. The van der Waals surface area contributed by atoms with Gasteiger partial charge in [0.05, 0.1) is 8.07 Å². The molecule has 120 valence electrons. The van der Waals surface area contributed by atoms with Crippen molar-refractivity contribution < 1.29 is 58.9 Å². The van der Waals surface area contributed by atoms with Crippen LogP contribution in [0.2, 0.25) is 13.1 Å². The molecule has 0 nitrogen and oxygen atoms in total. The summed E-state index contributed by atoms with van der Waals surface area (Å²) in [5.74, 6) is 0. The van der Waals surface area contributed by atoms with E-state index in [9.17, 15) is 0 Å². The van der Waals surface area contributed by atoms with Crippen molar-refractivity contribution >= 4 is 18.4 Å². The summed E-state index contributed by atoms with van der Waals surface area (Å²) in [6.45, 7) is 11.8. The van der Waals surface area contributed by atoms with E-state index < -0.39 is 8.07 Å². The molecular formula is C17H23Cl3SiTi. The summed E-state index contributed by atoms with van der Waals surface area (Å²) in [7, 11) is -1.56. The molecule has 0 spiro atoms. The van der Waals surface area contributed by atoms with Crippen molar-refractivity contribution in [3.63, 3.8) is 0 Å². The molecular weight excluding hydrogens is 386 g/mol. The maximum Gasteiger partial charge on any atom is 4.00 e. The third kappa shape index (κ3) is 5.78. The van der Waals surface area contributed by atoms with Crippen LogP contribution in [-0.2, 0) is 27.1 Å². The average Bonchev–Trinajstić information content (AvgIpc) is 2.79. The van der Waals surface area contributed by atoms with Crippen LogP contribution in [0.3, 0.4) is 0 Å². The van der Waals surface area contributed by atoms with Crippen LogP contribution in [0.1, 0.15) is 26.3 Å². The Morgan fingerprint density at radius 3 is 1.77 bits per heavy atom. The first-order valence-corrected chi connectivity index (χ1v) is 9.65. The molecule has 0 atom stereocenters. The largest absolute Gasteiger partial charge is 4.00 e. The maximum absolute atomic E-state index is 2.45. The maximum atomic E-state index is 2.45. The SMILES string of the molecule is CC(C)(C)c1ccc[c-]1[Si](C)(C)c1ccccc1.[Cl-].[Cl-].[Cl-].[Ti+4]. The molecule has 0 amide bonds. The number of halogens is 3.